The lowest BCUT2D eigenvalue weighted by atomic mass is 9.95. The first kappa shape index (κ1) is 16.0. The molecule has 5 heteroatoms. The first-order chi connectivity index (χ1) is 11.7. The first-order valence-electron chi connectivity index (χ1n) is 9.17. The highest BCUT2D eigenvalue weighted by Gasteiger charge is 2.40. The second kappa shape index (κ2) is 6.79. The summed E-state index contributed by atoms with van der Waals surface area (Å²) in [7, 11) is 0. The van der Waals surface area contributed by atoms with Crippen LogP contribution in [0, 0.1) is 11.8 Å². The van der Waals surface area contributed by atoms with Gasteiger partial charge in [0.25, 0.3) is 0 Å². The molecule has 130 valence electrons. The second-order valence-corrected chi connectivity index (χ2v) is 7.65. The predicted molar refractivity (Wildman–Crippen MR) is 98.6 cm³/mol. The largest absolute Gasteiger partial charge is 0.486 e. The summed E-state index contributed by atoms with van der Waals surface area (Å²) in [5.74, 6) is 3.42. The average molecular weight is 346 g/mol. The number of fused-ring (bicyclic) bond motifs is 3. The third kappa shape index (κ3) is 3.18. The fraction of sp³-hybridized carbons (Fsp3) is 0.632. The first-order valence-corrected chi connectivity index (χ1v) is 9.57. The van der Waals surface area contributed by atoms with Gasteiger partial charge < -0.3 is 19.7 Å². The SMILES string of the molecule is CCN(C[C@@H]1COc2ccccc2O1)C(=S)N[C@H]1C[C@H]2CC[C@@H]1C2. The summed E-state index contributed by atoms with van der Waals surface area (Å²) >= 11 is 5.69. The van der Waals surface area contributed by atoms with Gasteiger partial charge in [0.15, 0.2) is 22.7 Å². The molecule has 1 aliphatic heterocycles. The molecule has 0 amide bonds. The molecule has 1 heterocycles. The number of likely N-dealkylation sites (N-methyl/N-ethyl adjacent to an activating group) is 1. The zero-order chi connectivity index (χ0) is 16.5. The van der Waals surface area contributed by atoms with Crippen molar-refractivity contribution in [2.75, 3.05) is 19.7 Å². The van der Waals surface area contributed by atoms with Crippen LogP contribution in [-0.2, 0) is 0 Å². The minimum absolute atomic E-state index is 0.0135. The number of hydrogen-bond acceptors (Lipinski definition) is 3. The van der Waals surface area contributed by atoms with Crippen molar-refractivity contribution in [2.45, 2.75) is 44.8 Å². The van der Waals surface area contributed by atoms with Gasteiger partial charge in [-0.1, -0.05) is 18.6 Å². The molecule has 2 aliphatic carbocycles. The normalized spacial score (nSPS) is 30.2. The lowest BCUT2D eigenvalue weighted by Gasteiger charge is -2.34. The smallest absolute Gasteiger partial charge is 0.169 e. The number of rotatable bonds is 4. The van der Waals surface area contributed by atoms with Crippen molar-refractivity contribution >= 4 is 17.3 Å². The van der Waals surface area contributed by atoms with Crippen molar-refractivity contribution < 1.29 is 9.47 Å². The highest BCUT2D eigenvalue weighted by atomic mass is 32.1. The second-order valence-electron chi connectivity index (χ2n) is 7.27. The van der Waals surface area contributed by atoms with Crippen LogP contribution in [0.4, 0.5) is 0 Å². The average Bonchev–Trinajstić information content (AvgIpc) is 3.22. The zero-order valence-corrected chi connectivity index (χ0v) is 15.1. The number of benzene rings is 1. The molecule has 0 aromatic heterocycles. The Balaban J connectivity index is 1.33. The molecule has 1 aromatic rings. The Morgan fingerprint density at radius 3 is 2.79 bits per heavy atom. The lowest BCUT2D eigenvalue weighted by molar-refractivity contribution is 0.0746. The fourth-order valence-corrected chi connectivity index (χ4v) is 4.78. The van der Waals surface area contributed by atoms with Crippen LogP contribution in [0.25, 0.3) is 0 Å². The van der Waals surface area contributed by atoms with Crippen LogP contribution in [0.15, 0.2) is 24.3 Å². The molecule has 4 atom stereocenters. The van der Waals surface area contributed by atoms with E-state index in [9.17, 15) is 0 Å². The Labute approximate surface area is 149 Å². The van der Waals surface area contributed by atoms with E-state index in [1.165, 1.54) is 25.7 Å². The molecule has 4 nitrogen and oxygen atoms in total. The van der Waals surface area contributed by atoms with Gasteiger partial charge in [0.05, 0.1) is 6.54 Å². The topological polar surface area (TPSA) is 33.7 Å². The maximum Gasteiger partial charge on any atom is 0.169 e. The van der Waals surface area contributed by atoms with E-state index in [4.69, 9.17) is 21.7 Å². The maximum atomic E-state index is 6.08. The molecule has 3 aliphatic rings. The Bertz CT molecular complexity index is 609. The zero-order valence-electron chi connectivity index (χ0n) is 14.2. The molecule has 2 saturated carbocycles. The molecular formula is C19H26N2O2S. The summed E-state index contributed by atoms with van der Waals surface area (Å²) in [6, 6.07) is 8.43. The number of hydrogen-bond donors (Lipinski definition) is 1. The summed E-state index contributed by atoms with van der Waals surface area (Å²) in [5, 5.41) is 4.50. The number of nitrogens with one attached hydrogen (secondary N) is 1. The highest BCUT2D eigenvalue weighted by molar-refractivity contribution is 7.80. The van der Waals surface area contributed by atoms with Crippen LogP contribution in [0.5, 0.6) is 11.5 Å². The molecule has 0 unspecified atom stereocenters. The number of ether oxygens (including phenoxy) is 2. The van der Waals surface area contributed by atoms with Crippen LogP contribution in [-0.4, -0.2) is 41.9 Å². The van der Waals surface area contributed by atoms with Gasteiger partial charge in [0.1, 0.15) is 6.61 Å². The summed E-state index contributed by atoms with van der Waals surface area (Å²) in [6.07, 6.45) is 5.48. The predicted octanol–water partition coefficient (Wildman–Crippen LogP) is 3.21. The molecule has 1 N–H and O–H groups in total. The van der Waals surface area contributed by atoms with Gasteiger partial charge in [-0.25, -0.2) is 0 Å². The third-order valence-corrected chi connectivity index (χ3v) is 6.08. The van der Waals surface area contributed by atoms with Gasteiger partial charge in [0.2, 0.25) is 0 Å². The maximum absolute atomic E-state index is 6.08. The third-order valence-electron chi connectivity index (χ3n) is 5.71. The monoisotopic (exact) mass is 346 g/mol. The van der Waals surface area contributed by atoms with Crippen molar-refractivity contribution in [2.24, 2.45) is 11.8 Å². The minimum Gasteiger partial charge on any atom is -0.486 e. The number of thiocarbonyl (C=S) groups is 1. The molecule has 2 fully saturated rings. The molecule has 0 radical (unpaired) electrons. The van der Waals surface area contributed by atoms with Gasteiger partial charge >= 0.3 is 0 Å². The van der Waals surface area contributed by atoms with Crippen LogP contribution >= 0.6 is 12.2 Å². The van der Waals surface area contributed by atoms with Crippen molar-refractivity contribution in [3.8, 4) is 11.5 Å². The van der Waals surface area contributed by atoms with E-state index in [0.717, 1.165) is 41.5 Å². The summed E-state index contributed by atoms with van der Waals surface area (Å²) < 4.78 is 11.9. The molecular weight excluding hydrogens is 320 g/mol. The summed E-state index contributed by atoms with van der Waals surface area (Å²) in [5.41, 5.74) is 0. The summed E-state index contributed by atoms with van der Waals surface area (Å²) in [6.45, 7) is 4.36. The Kier molecular flexibility index (Phi) is 4.53. The molecule has 24 heavy (non-hydrogen) atoms. The molecule has 2 bridgehead atoms. The molecule has 4 rings (SSSR count). The van der Waals surface area contributed by atoms with Crippen LogP contribution in [0.2, 0.25) is 0 Å². The summed E-state index contributed by atoms with van der Waals surface area (Å²) in [4.78, 5) is 2.21. The van der Waals surface area contributed by atoms with E-state index in [1.54, 1.807) is 0 Å². The molecule has 1 aromatic carbocycles. The molecule has 0 spiro atoms. The van der Waals surface area contributed by atoms with Gasteiger partial charge in [-0.05, 0) is 62.4 Å². The number of para-hydroxylation sites is 2. The highest BCUT2D eigenvalue weighted by Crippen LogP contribution is 2.44. The molecule has 0 saturated heterocycles. The van der Waals surface area contributed by atoms with Crippen LogP contribution in [0.3, 0.4) is 0 Å². The van der Waals surface area contributed by atoms with Gasteiger partial charge in [0, 0.05) is 12.6 Å². The van der Waals surface area contributed by atoms with Crippen LogP contribution < -0.4 is 14.8 Å². The van der Waals surface area contributed by atoms with E-state index in [-0.39, 0.29) is 6.10 Å². The van der Waals surface area contributed by atoms with Crippen molar-refractivity contribution in [3.05, 3.63) is 24.3 Å². The van der Waals surface area contributed by atoms with E-state index in [1.807, 2.05) is 24.3 Å². The Hall–Kier alpha value is -1.49. The van der Waals surface area contributed by atoms with E-state index in [2.05, 4.69) is 17.1 Å². The standard InChI is InChI=1S/C19H26N2O2S/c1-2-21(19(24)20-16-10-13-7-8-14(16)9-13)11-15-12-22-17-5-3-4-6-18(17)23-15/h3-6,13-16H,2,7-12H2,1H3,(H,20,24)/t13-,14+,15+,16-/m0/s1. The Morgan fingerprint density at radius 2 is 2.08 bits per heavy atom. The quantitative estimate of drug-likeness (QED) is 0.847. The van der Waals surface area contributed by atoms with E-state index >= 15 is 0 Å². The van der Waals surface area contributed by atoms with E-state index < -0.39 is 0 Å². The van der Waals surface area contributed by atoms with Crippen molar-refractivity contribution in [1.29, 1.82) is 0 Å². The fourth-order valence-electron chi connectivity index (χ4n) is 4.43. The van der Waals surface area contributed by atoms with Crippen molar-refractivity contribution in [3.63, 3.8) is 0 Å². The lowest BCUT2D eigenvalue weighted by Crippen LogP contribution is -2.50. The van der Waals surface area contributed by atoms with Crippen molar-refractivity contribution in [1.82, 2.24) is 10.2 Å². The van der Waals surface area contributed by atoms with Gasteiger partial charge in [-0.2, -0.15) is 0 Å². The Morgan fingerprint density at radius 1 is 1.25 bits per heavy atom. The minimum atomic E-state index is 0.0135. The van der Waals surface area contributed by atoms with E-state index in [0.29, 0.717) is 12.6 Å². The number of nitrogens with zero attached hydrogens (tertiary/aromatic N) is 1. The van der Waals surface area contributed by atoms with Gasteiger partial charge in [-0.3, -0.25) is 0 Å². The van der Waals surface area contributed by atoms with Crippen LogP contribution in [0.1, 0.15) is 32.6 Å². The van der Waals surface area contributed by atoms with Gasteiger partial charge in [-0.15, -0.1) is 0 Å².